The molecule has 144 valence electrons. The fourth-order valence-corrected chi connectivity index (χ4v) is 2.95. The highest BCUT2D eigenvalue weighted by molar-refractivity contribution is 5.93. The van der Waals surface area contributed by atoms with E-state index in [2.05, 4.69) is 10.6 Å². The van der Waals surface area contributed by atoms with E-state index in [0.29, 0.717) is 6.54 Å². The number of carbonyl (C=O) groups is 2. The number of para-hydroxylation sites is 1. The van der Waals surface area contributed by atoms with E-state index in [-0.39, 0.29) is 30.9 Å². The van der Waals surface area contributed by atoms with Gasteiger partial charge < -0.3 is 10.6 Å². The number of amides is 2. The van der Waals surface area contributed by atoms with E-state index in [4.69, 9.17) is 0 Å². The molecule has 0 fully saturated rings. The Morgan fingerprint density at radius 2 is 1.59 bits per heavy atom. The van der Waals surface area contributed by atoms with Gasteiger partial charge in [0.15, 0.2) is 0 Å². The van der Waals surface area contributed by atoms with Gasteiger partial charge in [-0.25, -0.2) is 0 Å². The highest BCUT2D eigenvalue weighted by Gasteiger charge is 2.16. The average molecular weight is 367 g/mol. The molecule has 0 radical (unpaired) electrons. The van der Waals surface area contributed by atoms with Crippen LogP contribution in [-0.4, -0.2) is 36.3 Å². The summed E-state index contributed by atoms with van der Waals surface area (Å²) in [5.74, 6) is -0.190. The van der Waals surface area contributed by atoms with Gasteiger partial charge in [0, 0.05) is 5.69 Å². The smallest absolute Gasteiger partial charge is 0.238 e. The monoisotopic (exact) mass is 367 g/mol. The minimum absolute atomic E-state index is 0.0667. The van der Waals surface area contributed by atoms with Gasteiger partial charge in [-0.2, -0.15) is 0 Å². The van der Waals surface area contributed by atoms with E-state index in [1.165, 1.54) is 0 Å². The van der Waals surface area contributed by atoms with Crippen LogP contribution in [0.5, 0.6) is 0 Å². The molecule has 27 heavy (non-hydrogen) atoms. The number of nitrogens with one attached hydrogen (secondary N) is 2. The summed E-state index contributed by atoms with van der Waals surface area (Å²) in [4.78, 5) is 26.7. The average Bonchev–Trinajstić information content (AvgIpc) is 2.64. The third-order valence-electron chi connectivity index (χ3n) is 4.37. The number of rotatable bonds is 9. The third-order valence-corrected chi connectivity index (χ3v) is 4.37. The van der Waals surface area contributed by atoms with Gasteiger partial charge in [0.2, 0.25) is 11.8 Å². The first-order valence-electron chi connectivity index (χ1n) is 9.41. The van der Waals surface area contributed by atoms with Gasteiger partial charge >= 0.3 is 0 Å². The second-order valence-corrected chi connectivity index (χ2v) is 6.77. The zero-order valence-corrected chi connectivity index (χ0v) is 16.4. The quantitative estimate of drug-likeness (QED) is 0.713. The molecule has 2 rings (SSSR count). The van der Waals surface area contributed by atoms with E-state index in [9.17, 15) is 9.59 Å². The predicted octanol–water partition coefficient (Wildman–Crippen LogP) is 3.52. The summed E-state index contributed by atoms with van der Waals surface area (Å²) >= 11 is 0. The molecule has 0 saturated heterocycles. The lowest BCUT2D eigenvalue weighted by atomic mass is 10.1. The van der Waals surface area contributed by atoms with Gasteiger partial charge in [0.25, 0.3) is 0 Å². The Labute approximate surface area is 161 Å². The Hall–Kier alpha value is -2.66. The summed E-state index contributed by atoms with van der Waals surface area (Å²) in [5, 5.41) is 5.93. The fourth-order valence-electron chi connectivity index (χ4n) is 2.95. The normalized spacial score (nSPS) is 11.9. The molecule has 0 heterocycles. The molecule has 0 spiro atoms. The first-order chi connectivity index (χ1) is 13.0. The first kappa shape index (κ1) is 20.6. The SMILES string of the molecule is CCCN(CC(=O)Nc1ccccc1C)CC(=O)NC(C)c1ccccc1. The number of carbonyl (C=O) groups excluding carboxylic acids is 2. The lowest BCUT2D eigenvalue weighted by molar-refractivity contribution is -0.124. The van der Waals surface area contributed by atoms with Crippen molar-refractivity contribution in [1.82, 2.24) is 10.2 Å². The topological polar surface area (TPSA) is 61.4 Å². The zero-order chi connectivity index (χ0) is 19.6. The lowest BCUT2D eigenvalue weighted by Gasteiger charge is -2.22. The van der Waals surface area contributed by atoms with Crippen molar-refractivity contribution in [3.63, 3.8) is 0 Å². The Balaban J connectivity index is 1.89. The van der Waals surface area contributed by atoms with Crippen molar-refractivity contribution in [2.75, 3.05) is 25.0 Å². The molecule has 1 atom stereocenters. The summed E-state index contributed by atoms with van der Waals surface area (Å²) in [6, 6.07) is 17.4. The molecule has 5 nitrogen and oxygen atoms in total. The maximum Gasteiger partial charge on any atom is 0.238 e. The number of hydrogen-bond donors (Lipinski definition) is 2. The maximum absolute atomic E-state index is 12.4. The van der Waals surface area contributed by atoms with Crippen LogP contribution in [0.25, 0.3) is 0 Å². The van der Waals surface area contributed by atoms with Gasteiger partial charge in [0.05, 0.1) is 19.1 Å². The van der Waals surface area contributed by atoms with Gasteiger partial charge in [-0.1, -0.05) is 55.5 Å². The highest BCUT2D eigenvalue weighted by Crippen LogP contribution is 2.13. The number of nitrogens with zero attached hydrogens (tertiary/aromatic N) is 1. The second-order valence-electron chi connectivity index (χ2n) is 6.77. The van der Waals surface area contributed by atoms with Crippen molar-refractivity contribution in [3.8, 4) is 0 Å². The van der Waals surface area contributed by atoms with Crippen LogP contribution in [0, 0.1) is 6.92 Å². The Kier molecular flexibility index (Phi) is 8.01. The van der Waals surface area contributed by atoms with Crippen molar-refractivity contribution >= 4 is 17.5 Å². The standard InChI is InChI=1S/C22H29N3O2/c1-4-14-25(16-22(27)24-20-13-9-8-10-17(20)2)15-21(26)23-18(3)19-11-6-5-7-12-19/h5-13,18H,4,14-16H2,1-3H3,(H,23,26)(H,24,27). The molecule has 0 saturated carbocycles. The second kappa shape index (κ2) is 10.5. The van der Waals surface area contributed by atoms with Crippen molar-refractivity contribution < 1.29 is 9.59 Å². The number of anilines is 1. The van der Waals surface area contributed by atoms with Gasteiger partial charge in [-0.15, -0.1) is 0 Å². The van der Waals surface area contributed by atoms with Gasteiger partial charge in [0.1, 0.15) is 0 Å². The largest absolute Gasteiger partial charge is 0.348 e. The molecule has 0 aliphatic heterocycles. The van der Waals surface area contributed by atoms with Crippen LogP contribution in [0.4, 0.5) is 5.69 Å². The summed E-state index contributed by atoms with van der Waals surface area (Å²) in [6.45, 7) is 7.03. The third kappa shape index (κ3) is 6.87. The molecule has 1 unspecified atom stereocenters. The lowest BCUT2D eigenvalue weighted by Crippen LogP contribution is -2.42. The molecule has 2 N–H and O–H groups in total. The molecule has 5 heteroatoms. The van der Waals surface area contributed by atoms with Crippen molar-refractivity contribution in [2.24, 2.45) is 0 Å². The van der Waals surface area contributed by atoms with Crippen LogP contribution < -0.4 is 10.6 Å². The summed E-state index contributed by atoms with van der Waals surface area (Å²) in [5.41, 5.74) is 2.88. The Morgan fingerprint density at radius 3 is 2.26 bits per heavy atom. The number of aryl methyl sites for hydroxylation is 1. The minimum Gasteiger partial charge on any atom is -0.348 e. The minimum atomic E-state index is -0.110. The van der Waals surface area contributed by atoms with E-state index in [1.54, 1.807) is 0 Å². The molecular weight excluding hydrogens is 338 g/mol. The summed E-state index contributed by atoms with van der Waals surface area (Å²) in [7, 11) is 0. The summed E-state index contributed by atoms with van der Waals surface area (Å²) in [6.07, 6.45) is 0.874. The zero-order valence-electron chi connectivity index (χ0n) is 16.4. The Bertz CT molecular complexity index is 746. The van der Waals surface area contributed by atoms with Crippen molar-refractivity contribution in [2.45, 2.75) is 33.2 Å². The van der Waals surface area contributed by atoms with Crippen molar-refractivity contribution in [1.29, 1.82) is 0 Å². The molecule has 2 aromatic carbocycles. The molecule has 2 amide bonds. The van der Waals surface area contributed by atoms with Gasteiger partial charge in [-0.05, 0) is 44.0 Å². The molecule has 0 aromatic heterocycles. The van der Waals surface area contributed by atoms with Crippen molar-refractivity contribution in [3.05, 3.63) is 65.7 Å². The van der Waals surface area contributed by atoms with Crippen LogP contribution in [0.15, 0.2) is 54.6 Å². The van der Waals surface area contributed by atoms with E-state index >= 15 is 0 Å². The van der Waals surface area contributed by atoms with E-state index in [0.717, 1.165) is 23.2 Å². The van der Waals surface area contributed by atoms with Gasteiger partial charge in [-0.3, -0.25) is 14.5 Å². The number of benzene rings is 2. The van der Waals surface area contributed by atoms with E-state index in [1.807, 2.05) is 80.3 Å². The molecular formula is C22H29N3O2. The Morgan fingerprint density at radius 1 is 0.963 bits per heavy atom. The molecule has 0 aliphatic rings. The van der Waals surface area contributed by atoms with E-state index < -0.39 is 0 Å². The van der Waals surface area contributed by atoms with Crippen LogP contribution in [0.2, 0.25) is 0 Å². The van der Waals surface area contributed by atoms with Crippen LogP contribution in [0.3, 0.4) is 0 Å². The summed E-state index contributed by atoms with van der Waals surface area (Å²) < 4.78 is 0. The molecule has 2 aromatic rings. The highest BCUT2D eigenvalue weighted by atomic mass is 16.2. The molecule has 0 bridgehead atoms. The predicted molar refractivity (Wildman–Crippen MR) is 110 cm³/mol. The number of hydrogen-bond acceptors (Lipinski definition) is 3. The fraction of sp³-hybridized carbons (Fsp3) is 0.364. The van der Waals surface area contributed by atoms with Crippen LogP contribution in [-0.2, 0) is 9.59 Å². The molecule has 0 aliphatic carbocycles. The maximum atomic E-state index is 12.4. The van der Waals surface area contributed by atoms with Crippen LogP contribution in [0.1, 0.15) is 37.4 Å². The van der Waals surface area contributed by atoms with Crippen LogP contribution >= 0.6 is 0 Å². The first-order valence-corrected chi connectivity index (χ1v) is 9.41.